The van der Waals surface area contributed by atoms with Gasteiger partial charge in [0.2, 0.25) is 0 Å². The minimum absolute atomic E-state index is 0.513. The Morgan fingerprint density at radius 1 is 0.857 bits per heavy atom. The van der Waals surface area contributed by atoms with Gasteiger partial charge in [-0.3, -0.25) is 0 Å². The summed E-state index contributed by atoms with van der Waals surface area (Å²) in [5.41, 5.74) is 0.566. The predicted octanol–water partition coefficient (Wildman–Crippen LogP) is 2.68. The second-order valence-corrected chi connectivity index (χ2v) is 4.17. The van der Waals surface area contributed by atoms with Gasteiger partial charge in [-0.2, -0.15) is 0 Å². The van der Waals surface area contributed by atoms with E-state index in [2.05, 4.69) is 5.16 Å². The fourth-order valence-electron chi connectivity index (χ4n) is 2.34. The molecule has 1 N–H and O–H groups in total. The highest BCUT2D eigenvalue weighted by Gasteiger charge is 2.20. The van der Waals surface area contributed by atoms with Gasteiger partial charge in [0.05, 0.1) is 45.4 Å². The number of fused-ring (bicyclic) bond motifs is 1. The normalized spacial score (nSPS) is 10.9. The second kappa shape index (κ2) is 6.21. The van der Waals surface area contributed by atoms with Gasteiger partial charge in [-0.1, -0.05) is 5.16 Å². The molecule has 0 saturated heterocycles. The Labute approximate surface area is 122 Å². The van der Waals surface area contributed by atoms with E-state index in [1.54, 1.807) is 39.5 Å². The molecule has 0 amide bonds. The summed E-state index contributed by atoms with van der Waals surface area (Å²) < 4.78 is 21.7. The topological polar surface area (TPSA) is 69.5 Å². The van der Waals surface area contributed by atoms with E-state index in [1.807, 2.05) is 0 Å². The molecule has 6 heteroatoms. The lowest BCUT2D eigenvalue weighted by atomic mass is 10.0. The van der Waals surface area contributed by atoms with Gasteiger partial charge < -0.3 is 24.2 Å². The van der Waals surface area contributed by atoms with Crippen LogP contribution in [0.2, 0.25) is 0 Å². The molecule has 0 unspecified atom stereocenters. The van der Waals surface area contributed by atoms with E-state index in [-0.39, 0.29) is 0 Å². The van der Waals surface area contributed by atoms with Crippen LogP contribution in [0.5, 0.6) is 23.0 Å². The van der Waals surface area contributed by atoms with Crippen LogP contribution in [0.1, 0.15) is 5.56 Å². The fourth-order valence-corrected chi connectivity index (χ4v) is 2.34. The zero-order chi connectivity index (χ0) is 15.4. The van der Waals surface area contributed by atoms with Crippen molar-refractivity contribution in [3.05, 3.63) is 23.8 Å². The monoisotopic (exact) mass is 291 g/mol. The van der Waals surface area contributed by atoms with Crippen molar-refractivity contribution in [2.45, 2.75) is 0 Å². The molecule has 2 aromatic rings. The van der Waals surface area contributed by atoms with Crippen molar-refractivity contribution in [2.75, 3.05) is 28.4 Å². The Morgan fingerprint density at radius 2 is 1.43 bits per heavy atom. The molecular weight excluding hydrogens is 274 g/mol. The summed E-state index contributed by atoms with van der Waals surface area (Å²) in [5.74, 6) is 2.32. The summed E-state index contributed by atoms with van der Waals surface area (Å²) in [6, 6.07) is 5.29. The molecule has 0 aliphatic heterocycles. The SMILES string of the molecule is COc1ccc(OC)c2c(OC)c(C=NO)cc(OC)c12. The van der Waals surface area contributed by atoms with E-state index < -0.39 is 0 Å². The number of nitrogens with zero attached hydrogens (tertiary/aromatic N) is 1. The van der Waals surface area contributed by atoms with E-state index in [4.69, 9.17) is 24.2 Å². The van der Waals surface area contributed by atoms with Gasteiger partial charge in [-0.15, -0.1) is 0 Å². The van der Waals surface area contributed by atoms with Gasteiger partial charge in [0.15, 0.2) is 0 Å². The lowest BCUT2D eigenvalue weighted by Gasteiger charge is -2.17. The van der Waals surface area contributed by atoms with Crippen LogP contribution in [0.3, 0.4) is 0 Å². The summed E-state index contributed by atoms with van der Waals surface area (Å²) >= 11 is 0. The first-order chi connectivity index (χ1) is 10.2. The molecule has 0 heterocycles. The predicted molar refractivity (Wildman–Crippen MR) is 79.5 cm³/mol. The number of hydrogen-bond donors (Lipinski definition) is 1. The smallest absolute Gasteiger partial charge is 0.139 e. The van der Waals surface area contributed by atoms with Gasteiger partial charge in [-0.25, -0.2) is 0 Å². The van der Waals surface area contributed by atoms with Crippen LogP contribution in [0.15, 0.2) is 23.4 Å². The first kappa shape index (κ1) is 14.8. The van der Waals surface area contributed by atoms with Crippen LogP contribution >= 0.6 is 0 Å². The Morgan fingerprint density at radius 3 is 1.90 bits per heavy atom. The van der Waals surface area contributed by atoms with Crippen molar-refractivity contribution in [3.8, 4) is 23.0 Å². The maximum Gasteiger partial charge on any atom is 0.139 e. The first-order valence-corrected chi connectivity index (χ1v) is 6.18. The molecule has 6 nitrogen and oxygen atoms in total. The van der Waals surface area contributed by atoms with Crippen molar-refractivity contribution in [1.82, 2.24) is 0 Å². The summed E-state index contributed by atoms with van der Waals surface area (Å²) in [5, 5.41) is 13.3. The largest absolute Gasteiger partial charge is 0.496 e. The Balaban J connectivity index is 3.01. The van der Waals surface area contributed by atoms with Crippen molar-refractivity contribution in [3.63, 3.8) is 0 Å². The Hall–Kier alpha value is -2.63. The van der Waals surface area contributed by atoms with Crippen LogP contribution in [-0.2, 0) is 0 Å². The van der Waals surface area contributed by atoms with Crippen LogP contribution in [0.4, 0.5) is 0 Å². The van der Waals surface area contributed by atoms with E-state index in [9.17, 15) is 0 Å². The third-order valence-electron chi connectivity index (χ3n) is 3.21. The highest BCUT2D eigenvalue weighted by atomic mass is 16.5. The maximum atomic E-state index is 8.82. The van der Waals surface area contributed by atoms with Gasteiger partial charge in [0, 0.05) is 5.56 Å². The quantitative estimate of drug-likeness (QED) is 0.521. The molecule has 112 valence electrons. The third kappa shape index (κ3) is 2.40. The molecule has 0 saturated carbocycles. The molecule has 0 atom stereocenters. The van der Waals surface area contributed by atoms with Gasteiger partial charge >= 0.3 is 0 Å². The van der Waals surface area contributed by atoms with E-state index in [0.717, 1.165) is 5.39 Å². The average Bonchev–Trinajstić information content (AvgIpc) is 2.53. The van der Waals surface area contributed by atoms with Crippen LogP contribution in [-0.4, -0.2) is 39.9 Å². The molecule has 0 bridgehead atoms. The Bertz CT molecular complexity index is 682. The number of methoxy groups -OCH3 is 4. The molecule has 0 fully saturated rings. The van der Waals surface area contributed by atoms with E-state index >= 15 is 0 Å². The van der Waals surface area contributed by atoms with Crippen LogP contribution in [0.25, 0.3) is 10.8 Å². The summed E-state index contributed by atoms with van der Waals surface area (Å²) in [6.07, 6.45) is 1.28. The average molecular weight is 291 g/mol. The number of rotatable bonds is 5. The first-order valence-electron chi connectivity index (χ1n) is 6.18. The lowest BCUT2D eigenvalue weighted by molar-refractivity contribution is 0.321. The van der Waals surface area contributed by atoms with Crippen LogP contribution in [0, 0.1) is 0 Å². The highest BCUT2D eigenvalue weighted by Crippen LogP contribution is 2.45. The summed E-state index contributed by atoms with van der Waals surface area (Å²) in [6.45, 7) is 0. The standard InChI is InChI=1S/C15H17NO5/c1-18-10-5-6-11(19-2)14-13(10)12(20-3)7-9(8-16-17)15(14)21-4/h5-8,17H,1-4H3. The molecule has 0 aromatic heterocycles. The third-order valence-corrected chi connectivity index (χ3v) is 3.21. The van der Waals surface area contributed by atoms with Gasteiger partial charge in [0.25, 0.3) is 0 Å². The minimum atomic E-state index is 0.513. The molecule has 2 rings (SSSR count). The second-order valence-electron chi connectivity index (χ2n) is 4.17. The molecule has 0 spiro atoms. The molecule has 0 aliphatic rings. The zero-order valence-electron chi connectivity index (χ0n) is 12.3. The highest BCUT2D eigenvalue weighted by molar-refractivity contribution is 6.06. The number of hydrogen-bond acceptors (Lipinski definition) is 6. The van der Waals surface area contributed by atoms with Gasteiger partial charge in [-0.05, 0) is 18.2 Å². The fraction of sp³-hybridized carbons (Fsp3) is 0.267. The molecule has 21 heavy (non-hydrogen) atoms. The van der Waals surface area contributed by atoms with Crippen molar-refractivity contribution >= 4 is 17.0 Å². The van der Waals surface area contributed by atoms with E-state index in [0.29, 0.717) is 33.9 Å². The van der Waals surface area contributed by atoms with Gasteiger partial charge in [0.1, 0.15) is 23.0 Å². The molecule has 0 radical (unpaired) electrons. The number of benzene rings is 2. The molecule has 0 aliphatic carbocycles. The summed E-state index contributed by atoms with van der Waals surface area (Å²) in [7, 11) is 6.24. The minimum Gasteiger partial charge on any atom is -0.496 e. The number of ether oxygens (including phenoxy) is 4. The van der Waals surface area contributed by atoms with E-state index in [1.165, 1.54) is 13.3 Å². The van der Waals surface area contributed by atoms with Crippen LogP contribution < -0.4 is 18.9 Å². The Kier molecular flexibility index (Phi) is 4.37. The number of oxime groups is 1. The summed E-state index contributed by atoms with van der Waals surface area (Å²) in [4.78, 5) is 0. The van der Waals surface area contributed by atoms with Crippen molar-refractivity contribution in [1.29, 1.82) is 0 Å². The lowest BCUT2D eigenvalue weighted by Crippen LogP contribution is -1.99. The van der Waals surface area contributed by atoms with Crippen molar-refractivity contribution < 1.29 is 24.2 Å². The maximum absolute atomic E-state index is 8.82. The molecular formula is C15H17NO5. The zero-order valence-corrected chi connectivity index (χ0v) is 12.3. The molecule has 2 aromatic carbocycles. The van der Waals surface area contributed by atoms with Crippen molar-refractivity contribution in [2.24, 2.45) is 5.16 Å².